The predicted octanol–water partition coefficient (Wildman–Crippen LogP) is 12.6. The maximum atomic E-state index is 4.44. The van der Waals surface area contributed by atoms with Crippen LogP contribution in [0.25, 0.3) is 93.2 Å². The fourth-order valence-corrected chi connectivity index (χ4v) is 7.87. The van der Waals surface area contributed by atoms with Crippen LogP contribution >= 0.6 is 0 Å². The molecule has 2 heteroatoms. The number of para-hydroxylation sites is 1. The van der Waals surface area contributed by atoms with Crippen molar-refractivity contribution in [1.82, 2.24) is 9.55 Å². The lowest BCUT2D eigenvalue weighted by Crippen LogP contribution is -1.94. The SMILES string of the molecule is c1cc(-c2cccc(-n3c4ccccc4c4cnccc43)c2)cc(-c2c3ccccc3c(-c3ccc4ccccc4c3)c3ccccc23)c1. The Hall–Kier alpha value is -6.51. The van der Waals surface area contributed by atoms with Gasteiger partial charge in [-0.15, -0.1) is 0 Å². The summed E-state index contributed by atoms with van der Waals surface area (Å²) in [5, 5.41) is 9.93. The normalized spacial score (nSPS) is 11.7. The maximum absolute atomic E-state index is 4.44. The highest BCUT2D eigenvalue weighted by molar-refractivity contribution is 6.22. The van der Waals surface area contributed by atoms with Crippen molar-refractivity contribution in [3.05, 3.63) is 182 Å². The zero-order valence-corrected chi connectivity index (χ0v) is 26.7. The molecule has 0 aliphatic carbocycles. The van der Waals surface area contributed by atoms with Crippen molar-refractivity contribution in [2.45, 2.75) is 0 Å². The van der Waals surface area contributed by atoms with Gasteiger partial charge >= 0.3 is 0 Å². The summed E-state index contributed by atoms with van der Waals surface area (Å²) in [6.07, 6.45) is 3.85. The van der Waals surface area contributed by atoms with Gasteiger partial charge in [0.1, 0.15) is 0 Å². The van der Waals surface area contributed by atoms with Crippen LogP contribution in [-0.2, 0) is 0 Å². The van der Waals surface area contributed by atoms with Crippen LogP contribution in [0.3, 0.4) is 0 Å². The molecule has 2 nitrogen and oxygen atoms in total. The van der Waals surface area contributed by atoms with Gasteiger partial charge in [-0.1, -0.05) is 133 Å². The lowest BCUT2D eigenvalue weighted by atomic mass is 9.85. The van der Waals surface area contributed by atoms with E-state index in [9.17, 15) is 0 Å². The van der Waals surface area contributed by atoms with Crippen LogP contribution in [0, 0.1) is 0 Å². The third-order valence-corrected chi connectivity index (χ3v) is 10.0. The summed E-state index contributed by atoms with van der Waals surface area (Å²) in [7, 11) is 0. The van der Waals surface area contributed by atoms with Gasteiger partial charge in [-0.2, -0.15) is 0 Å². The van der Waals surface area contributed by atoms with Gasteiger partial charge < -0.3 is 4.57 Å². The minimum Gasteiger partial charge on any atom is -0.309 e. The summed E-state index contributed by atoms with van der Waals surface area (Å²) in [5.41, 5.74) is 10.8. The van der Waals surface area contributed by atoms with Crippen LogP contribution in [0.5, 0.6) is 0 Å². The highest BCUT2D eigenvalue weighted by atomic mass is 15.0. The van der Waals surface area contributed by atoms with Gasteiger partial charge in [-0.3, -0.25) is 4.98 Å². The molecular weight excluding hydrogens is 593 g/mol. The zero-order valence-electron chi connectivity index (χ0n) is 26.7. The molecule has 2 aromatic heterocycles. The van der Waals surface area contributed by atoms with Crippen LogP contribution in [0.4, 0.5) is 0 Å². The van der Waals surface area contributed by atoms with Crippen LogP contribution in [0.15, 0.2) is 182 Å². The van der Waals surface area contributed by atoms with E-state index in [-0.39, 0.29) is 0 Å². The first-order chi connectivity index (χ1) is 24.3. The highest BCUT2D eigenvalue weighted by Crippen LogP contribution is 2.44. The van der Waals surface area contributed by atoms with Gasteiger partial charge in [-0.05, 0) is 102 Å². The van der Waals surface area contributed by atoms with E-state index >= 15 is 0 Å². The van der Waals surface area contributed by atoms with Crippen molar-refractivity contribution in [3.8, 4) is 39.1 Å². The molecule has 8 aromatic carbocycles. The molecule has 49 heavy (non-hydrogen) atoms. The highest BCUT2D eigenvalue weighted by Gasteiger charge is 2.18. The molecule has 0 N–H and O–H groups in total. The van der Waals surface area contributed by atoms with E-state index in [1.165, 1.54) is 76.6 Å². The molecule has 0 fully saturated rings. The van der Waals surface area contributed by atoms with E-state index < -0.39 is 0 Å². The monoisotopic (exact) mass is 622 g/mol. The Morgan fingerprint density at radius 1 is 0.347 bits per heavy atom. The Morgan fingerprint density at radius 2 is 0.898 bits per heavy atom. The van der Waals surface area contributed by atoms with Crippen LogP contribution < -0.4 is 0 Å². The molecule has 0 atom stereocenters. The van der Waals surface area contributed by atoms with Crippen molar-refractivity contribution in [1.29, 1.82) is 0 Å². The summed E-state index contributed by atoms with van der Waals surface area (Å²) < 4.78 is 2.35. The molecule has 0 spiro atoms. The van der Waals surface area contributed by atoms with E-state index in [4.69, 9.17) is 0 Å². The van der Waals surface area contributed by atoms with Crippen LogP contribution in [-0.4, -0.2) is 9.55 Å². The van der Waals surface area contributed by atoms with Crippen molar-refractivity contribution in [2.24, 2.45) is 0 Å². The molecule has 0 radical (unpaired) electrons. The lowest BCUT2D eigenvalue weighted by molar-refractivity contribution is 1.17. The topological polar surface area (TPSA) is 17.8 Å². The molecular formula is C47H30N2. The predicted molar refractivity (Wildman–Crippen MR) is 207 cm³/mol. The second-order valence-electron chi connectivity index (χ2n) is 12.8. The maximum Gasteiger partial charge on any atom is 0.0571 e. The van der Waals surface area contributed by atoms with Crippen molar-refractivity contribution in [3.63, 3.8) is 0 Å². The number of hydrogen-bond acceptors (Lipinski definition) is 1. The average molecular weight is 623 g/mol. The van der Waals surface area contributed by atoms with E-state index in [0.717, 1.165) is 16.6 Å². The molecule has 0 saturated heterocycles. The molecule has 0 amide bonds. The second-order valence-corrected chi connectivity index (χ2v) is 12.8. The summed E-state index contributed by atoms with van der Waals surface area (Å²) in [5.74, 6) is 0. The molecule has 0 bridgehead atoms. The Kier molecular flexibility index (Phi) is 6.22. The summed E-state index contributed by atoms with van der Waals surface area (Å²) in [6, 6.07) is 61.9. The fraction of sp³-hybridized carbons (Fsp3) is 0. The molecule has 0 aliphatic heterocycles. The largest absolute Gasteiger partial charge is 0.309 e. The molecule has 10 aromatic rings. The number of benzene rings is 8. The quantitative estimate of drug-likeness (QED) is 0.179. The van der Waals surface area contributed by atoms with Gasteiger partial charge in [0.2, 0.25) is 0 Å². The Morgan fingerprint density at radius 3 is 1.63 bits per heavy atom. The van der Waals surface area contributed by atoms with Gasteiger partial charge in [0, 0.05) is 28.9 Å². The van der Waals surface area contributed by atoms with Crippen LogP contribution in [0.1, 0.15) is 0 Å². The second kappa shape index (κ2) is 11.0. The van der Waals surface area contributed by atoms with Gasteiger partial charge in [0.05, 0.1) is 11.0 Å². The van der Waals surface area contributed by atoms with Gasteiger partial charge in [0.15, 0.2) is 0 Å². The number of nitrogens with zero attached hydrogens (tertiary/aromatic N) is 2. The standard InChI is InChI=1S/C47H30N2/c1-2-12-32-27-36(24-23-31(32)11-1)47-41-20-5-3-18-39(41)46(40-19-4-6-21-42(40)47)35-15-9-13-33(28-35)34-14-10-16-37(29-34)49-44-22-8-7-17-38(44)43-30-48-26-25-45(43)49/h1-30H. The Labute approximate surface area is 284 Å². The minimum absolute atomic E-state index is 1.14. The molecule has 2 heterocycles. The van der Waals surface area contributed by atoms with Gasteiger partial charge in [0.25, 0.3) is 0 Å². The summed E-state index contributed by atoms with van der Waals surface area (Å²) >= 11 is 0. The van der Waals surface area contributed by atoms with E-state index in [0.29, 0.717) is 0 Å². The summed E-state index contributed by atoms with van der Waals surface area (Å²) in [6.45, 7) is 0. The fourth-order valence-electron chi connectivity index (χ4n) is 7.87. The first kappa shape index (κ1) is 27.6. The first-order valence-corrected chi connectivity index (χ1v) is 16.8. The van der Waals surface area contributed by atoms with E-state index in [1.54, 1.807) is 0 Å². The van der Waals surface area contributed by atoms with Crippen molar-refractivity contribution >= 4 is 54.1 Å². The molecule has 0 unspecified atom stereocenters. The number of pyridine rings is 1. The molecule has 10 rings (SSSR count). The molecule has 228 valence electrons. The lowest BCUT2D eigenvalue weighted by Gasteiger charge is -2.18. The Bertz CT molecular complexity index is 2780. The smallest absolute Gasteiger partial charge is 0.0571 e. The average Bonchev–Trinajstić information content (AvgIpc) is 3.51. The zero-order chi connectivity index (χ0) is 32.3. The number of aromatic nitrogens is 2. The number of hydrogen-bond donors (Lipinski definition) is 0. The Balaban J connectivity index is 1.16. The van der Waals surface area contributed by atoms with E-state index in [1.807, 2.05) is 12.4 Å². The third kappa shape index (κ3) is 4.38. The van der Waals surface area contributed by atoms with Gasteiger partial charge in [-0.25, -0.2) is 0 Å². The van der Waals surface area contributed by atoms with Crippen molar-refractivity contribution < 1.29 is 0 Å². The van der Waals surface area contributed by atoms with Crippen LogP contribution in [0.2, 0.25) is 0 Å². The number of fused-ring (bicyclic) bond motifs is 6. The van der Waals surface area contributed by atoms with E-state index in [2.05, 4.69) is 179 Å². The number of rotatable bonds is 4. The summed E-state index contributed by atoms with van der Waals surface area (Å²) in [4.78, 5) is 4.44. The molecule has 0 saturated carbocycles. The molecule has 0 aliphatic rings. The first-order valence-electron chi connectivity index (χ1n) is 16.8. The third-order valence-electron chi connectivity index (χ3n) is 10.0. The van der Waals surface area contributed by atoms with Crippen molar-refractivity contribution in [2.75, 3.05) is 0 Å². The minimum atomic E-state index is 1.14.